The van der Waals surface area contributed by atoms with Gasteiger partial charge in [0.15, 0.2) is 0 Å². The van der Waals surface area contributed by atoms with E-state index in [-0.39, 0.29) is 0 Å². The maximum atomic E-state index is 2.32. The predicted octanol–water partition coefficient (Wildman–Crippen LogP) is 4.38. The van der Waals surface area contributed by atoms with Crippen molar-refractivity contribution in [1.82, 2.24) is 0 Å². The van der Waals surface area contributed by atoms with Gasteiger partial charge in [0.1, 0.15) is 0 Å². The van der Waals surface area contributed by atoms with Crippen LogP contribution < -0.4 is 0 Å². The Morgan fingerprint density at radius 3 is 2.44 bits per heavy atom. The van der Waals surface area contributed by atoms with Crippen molar-refractivity contribution < 1.29 is 0 Å². The van der Waals surface area contributed by atoms with E-state index in [1.807, 2.05) is 11.8 Å². The van der Waals surface area contributed by atoms with Gasteiger partial charge in [-0.15, -0.1) is 0 Å². The molecular weight excluding hydrogens is 212 g/mol. The molecule has 0 unspecified atom stereocenters. The molecule has 0 aliphatic carbocycles. The first-order chi connectivity index (χ1) is 7.93. The summed E-state index contributed by atoms with van der Waals surface area (Å²) in [6, 6.07) is 19.2. The summed E-state index contributed by atoms with van der Waals surface area (Å²) in [5, 5.41) is 0. The normalized spacial score (nSPS) is 14.1. The minimum absolute atomic E-state index is 1.05. The van der Waals surface area contributed by atoms with Crippen molar-refractivity contribution in [2.24, 2.45) is 0 Å². The van der Waals surface area contributed by atoms with Crippen LogP contribution in [0, 0.1) is 0 Å². The molecule has 0 saturated carbocycles. The Bertz CT molecular complexity index is 526. The van der Waals surface area contributed by atoms with Gasteiger partial charge >= 0.3 is 0 Å². The highest BCUT2D eigenvalue weighted by molar-refractivity contribution is 8.08. The van der Waals surface area contributed by atoms with Gasteiger partial charge in [0, 0.05) is 9.80 Å². The van der Waals surface area contributed by atoms with E-state index >= 15 is 0 Å². The molecule has 0 radical (unpaired) electrons. The Hall–Kier alpha value is -1.47. The van der Waals surface area contributed by atoms with Crippen molar-refractivity contribution in [2.45, 2.75) is 11.3 Å². The van der Waals surface area contributed by atoms with Gasteiger partial charge in [0.25, 0.3) is 0 Å². The number of allylic oxidation sites excluding steroid dienone is 1. The summed E-state index contributed by atoms with van der Waals surface area (Å²) in [5.74, 6) is 0. The molecule has 16 heavy (non-hydrogen) atoms. The third kappa shape index (κ3) is 1.79. The first-order valence-corrected chi connectivity index (χ1v) is 6.26. The largest absolute Gasteiger partial charge is 0.0895 e. The standard InChI is InChI=1S/C15H12S/c1-2-6-12(7-3-1)15-11-10-13-8-4-5-9-14(13)16-15/h1-9,11H,10H2. The van der Waals surface area contributed by atoms with Crippen LogP contribution in [0.1, 0.15) is 11.1 Å². The monoisotopic (exact) mass is 224 g/mol. The van der Waals surface area contributed by atoms with Crippen molar-refractivity contribution in [3.8, 4) is 0 Å². The molecule has 1 aliphatic rings. The fourth-order valence-corrected chi connectivity index (χ4v) is 3.00. The summed E-state index contributed by atoms with van der Waals surface area (Å²) in [7, 11) is 0. The van der Waals surface area contributed by atoms with Crippen LogP contribution in [-0.4, -0.2) is 0 Å². The first-order valence-electron chi connectivity index (χ1n) is 5.45. The summed E-state index contributed by atoms with van der Waals surface area (Å²) < 4.78 is 0. The summed E-state index contributed by atoms with van der Waals surface area (Å²) >= 11 is 1.87. The summed E-state index contributed by atoms with van der Waals surface area (Å²) in [4.78, 5) is 2.77. The highest BCUT2D eigenvalue weighted by atomic mass is 32.2. The lowest BCUT2D eigenvalue weighted by atomic mass is 10.1. The van der Waals surface area contributed by atoms with E-state index in [0.29, 0.717) is 0 Å². The quantitative estimate of drug-likeness (QED) is 0.693. The van der Waals surface area contributed by atoms with Crippen molar-refractivity contribution in [3.63, 3.8) is 0 Å². The molecule has 0 amide bonds. The van der Waals surface area contributed by atoms with Gasteiger partial charge in [0.05, 0.1) is 0 Å². The van der Waals surface area contributed by atoms with Gasteiger partial charge in [-0.25, -0.2) is 0 Å². The number of thioether (sulfide) groups is 1. The van der Waals surface area contributed by atoms with Gasteiger partial charge < -0.3 is 0 Å². The Balaban J connectivity index is 1.95. The average molecular weight is 224 g/mol. The second-order valence-electron chi connectivity index (χ2n) is 3.85. The number of benzene rings is 2. The zero-order valence-corrected chi connectivity index (χ0v) is 9.71. The number of hydrogen-bond acceptors (Lipinski definition) is 1. The van der Waals surface area contributed by atoms with Crippen LogP contribution in [0.3, 0.4) is 0 Å². The maximum Gasteiger partial charge on any atom is 0.0158 e. The van der Waals surface area contributed by atoms with Crippen LogP contribution in [-0.2, 0) is 6.42 Å². The molecule has 78 valence electrons. The highest BCUT2D eigenvalue weighted by Gasteiger charge is 2.11. The van der Waals surface area contributed by atoms with E-state index in [9.17, 15) is 0 Å². The molecule has 2 aromatic rings. The summed E-state index contributed by atoms with van der Waals surface area (Å²) in [6.07, 6.45) is 3.37. The van der Waals surface area contributed by atoms with Crippen LogP contribution >= 0.6 is 11.8 Å². The molecule has 0 N–H and O–H groups in total. The van der Waals surface area contributed by atoms with Gasteiger partial charge in [-0.1, -0.05) is 66.4 Å². The van der Waals surface area contributed by atoms with Gasteiger partial charge in [-0.2, -0.15) is 0 Å². The molecular formula is C15H12S. The van der Waals surface area contributed by atoms with Gasteiger partial charge in [0.2, 0.25) is 0 Å². The van der Waals surface area contributed by atoms with Crippen molar-refractivity contribution in [3.05, 3.63) is 71.8 Å². The van der Waals surface area contributed by atoms with Crippen LogP contribution in [0.4, 0.5) is 0 Å². The first kappa shape index (κ1) is 9.73. The average Bonchev–Trinajstić information content (AvgIpc) is 2.39. The molecule has 0 fully saturated rings. The van der Waals surface area contributed by atoms with E-state index in [1.54, 1.807) is 0 Å². The molecule has 0 spiro atoms. The molecule has 0 atom stereocenters. The zero-order valence-electron chi connectivity index (χ0n) is 8.89. The fraction of sp³-hybridized carbons (Fsp3) is 0.0667. The van der Waals surface area contributed by atoms with Crippen molar-refractivity contribution >= 4 is 16.7 Å². The van der Waals surface area contributed by atoms with E-state index in [1.165, 1.54) is 20.9 Å². The van der Waals surface area contributed by atoms with E-state index in [4.69, 9.17) is 0 Å². The lowest BCUT2D eigenvalue weighted by molar-refractivity contribution is 1.17. The fourth-order valence-electron chi connectivity index (χ4n) is 1.91. The zero-order chi connectivity index (χ0) is 10.8. The van der Waals surface area contributed by atoms with Crippen LogP contribution in [0.2, 0.25) is 0 Å². The van der Waals surface area contributed by atoms with Crippen molar-refractivity contribution in [2.75, 3.05) is 0 Å². The Morgan fingerprint density at radius 2 is 1.56 bits per heavy atom. The summed E-state index contributed by atoms with van der Waals surface area (Å²) in [6.45, 7) is 0. The van der Waals surface area contributed by atoms with Crippen LogP contribution in [0.25, 0.3) is 4.91 Å². The third-order valence-electron chi connectivity index (χ3n) is 2.76. The number of rotatable bonds is 1. The lowest BCUT2D eigenvalue weighted by Crippen LogP contribution is -1.93. The molecule has 1 aliphatic heterocycles. The van der Waals surface area contributed by atoms with E-state index in [2.05, 4.69) is 60.7 Å². The van der Waals surface area contributed by atoms with E-state index < -0.39 is 0 Å². The molecule has 0 saturated heterocycles. The number of fused-ring (bicyclic) bond motifs is 1. The third-order valence-corrected chi connectivity index (χ3v) is 4.00. The molecule has 1 heteroatoms. The second-order valence-corrected chi connectivity index (χ2v) is 4.93. The van der Waals surface area contributed by atoms with Crippen LogP contribution in [0.15, 0.2) is 65.6 Å². The minimum Gasteiger partial charge on any atom is -0.0895 e. The van der Waals surface area contributed by atoms with Crippen LogP contribution in [0.5, 0.6) is 0 Å². The topological polar surface area (TPSA) is 0 Å². The molecule has 0 nitrogen and oxygen atoms in total. The smallest absolute Gasteiger partial charge is 0.0158 e. The summed E-state index contributed by atoms with van der Waals surface area (Å²) in [5.41, 5.74) is 2.76. The van der Waals surface area contributed by atoms with Crippen molar-refractivity contribution in [1.29, 1.82) is 0 Å². The minimum atomic E-state index is 1.05. The molecule has 2 aromatic carbocycles. The number of hydrogen-bond donors (Lipinski definition) is 0. The second kappa shape index (κ2) is 4.18. The Kier molecular flexibility index (Phi) is 2.55. The Morgan fingerprint density at radius 1 is 0.812 bits per heavy atom. The maximum absolute atomic E-state index is 2.32. The van der Waals surface area contributed by atoms with E-state index in [0.717, 1.165) is 6.42 Å². The predicted molar refractivity (Wildman–Crippen MR) is 70.4 cm³/mol. The SMILES string of the molecule is C1=C(c2ccccc2)Sc2ccccc2C1. The molecule has 1 heterocycles. The molecule has 0 bridgehead atoms. The highest BCUT2D eigenvalue weighted by Crippen LogP contribution is 2.39. The lowest BCUT2D eigenvalue weighted by Gasteiger charge is -2.16. The van der Waals surface area contributed by atoms with Gasteiger partial charge in [-0.05, 0) is 23.6 Å². The molecule has 0 aromatic heterocycles. The van der Waals surface area contributed by atoms with Gasteiger partial charge in [-0.3, -0.25) is 0 Å². The Labute approximate surface area is 100 Å². The molecule has 3 rings (SSSR count).